The fraction of sp³-hybridized carbons (Fsp3) is 0. The predicted molar refractivity (Wildman–Crippen MR) is 121 cm³/mol. The van der Waals surface area contributed by atoms with Crippen LogP contribution in [0.5, 0.6) is 23.0 Å². The van der Waals surface area contributed by atoms with E-state index in [1.54, 1.807) is 11.3 Å². The monoisotopic (exact) mass is 480 g/mol. The standard InChI is InChI=1S/C22H13BrN2O2S2/c23-19-12-11-17(28-19)20-21-18(29-25-24-21)13-16(26-14-7-3-1-4-8-14)22(20)27-15-9-5-2-6-10-15/h1-13H. The summed E-state index contributed by atoms with van der Waals surface area (Å²) in [7, 11) is 0. The van der Waals surface area contributed by atoms with Gasteiger partial charge in [0.05, 0.1) is 14.0 Å². The van der Waals surface area contributed by atoms with Crippen LogP contribution in [0.2, 0.25) is 0 Å². The van der Waals surface area contributed by atoms with Gasteiger partial charge in [-0.1, -0.05) is 40.9 Å². The van der Waals surface area contributed by atoms with Crippen molar-refractivity contribution >= 4 is 49.0 Å². The third-order valence-corrected chi connectivity index (χ3v) is 6.53. The van der Waals surface area contributed by atoms with Gasteiger partial charge in [-0.3, -0.25) is 0 Å². The molecule has 0 bridgehead atoms. The molecule has 3 aromatic carbocycles. The molecule has 0 radical (unpaired) electrons. The lowest BCUT2D eigenvalue weighted by atomic mass is 10.1. The van der Waals surface area contributed by atoms with Crippen LogP contribution in [0.4, 0.5) is 0 Å². The molecule has 29 heavy (non-hydrogen) atoms. The van der Waals surface area contributed by atoms with Gasteiger partial charge in [0.1, 0.15) is 17.0 Å². The summed E-state index contributed by atoms with van der Waals surface area (Å²) >= 11 is 6.52. The molecule has 0 unspecified atom stereocenters. The predicted octanol–water partition coefficient (Wildman–Crippen LogP) is 7.77. The fourth-order valence-electron chi connectivity index (χ4n) is 2.96. The van der Waals surface area contributed by atoms with Crippen LogP contribution < -0.4 is 9.47 Å². The zero-order valence-corrected chi connectivity index (χ0v) is 18.1. The molecular formula is C22H13BrN2O2S2. The number of thiophene rings is 1. The fourth-order valence-corrected chi connectivity index (χ4v) is 4.99. The van der Waals surface area contributed by atoms with Crippen molar-refractivity contribution in [2.24, 2.45) is 0 Å². The summed E-state index contributed by atoms with van der Waals surface area (Å²) in [6.07, 6.45) is 0. The van der Waals surface area contributed by atoms with Crippen LogP contribution in [0, 0.1) is 0 Å². The lowest BCUT2D eigenvalue weighted by Crippen LogP contribution is -1.94. The third-order valence-electron chi connectivity index (χ3n) is 4.22. The topological polar surface area (TPSA) is 44.2 Å². The third kappa shape index (κ3) is 3.76. The Kier molecular flexibility index (Phi) is 5.01. The maximum absolute atomic E-state index is 6.36. The first-order chi connectivity index (χ1) is 14.3. The number of hydrogen-bond donors (Lipinski definition) is 0. The SMILES string of the molecule is Brc1ccc(-c2c(Oc3ccccc3)c(Oc3ccccc3)cc3snnc23)s1. The van der Waals surface area contributed by atoms with E-state index >= 15 is 0 Å². The molecule has 0 fully saturated rings. The van der Waals surface area contributed by atoms with Crippen molar-refractivity contribution in [3.63, 3.8) is 0 Å². The number of para-hydroxylation sites is 2. The van der Waals surface area contributed by atoms with Crippen LogP contribution in [-0.2, 0) is 0 Å². The molecule has 5 rings (SSSR count). The van der Waals surface area contributed by atoms with Crippen LogP contribution in [0.25, 0.3) is 20.7 Å². The van der Waals surface area contributed by atoms with Gasteiger partial charge in [0.25, 0.3) is 0 Å². The summed E-state index contributed by atoms with van der Waals surface area (Å²) in [5.74, 6) is 2.71. The summed E-state index contributed by atoms with van der Waals surface area (Å²) in [5, 5.41) is 4.38. The Morgan fingerprint density at radius 1 is 0.793 bits per heavy atom. The van der Waals surface area contributed by atoms with E-state index in [4.69, 9.17) is 9.47 Å². The van der Waals surface area contributed by atoms with Gasteiger partial charge in [0.15, 0.2) is 11.5 Å². The van der Waals surface area contributed by atoms with Crippen molar-refractivity contribution in [1.82, 2.24) is 9.59 Å². The number of aromatic nitrogens is 2. The van der Waals surface area contributed by atoms with Gasteiger partial charge in [-0.15, -0.1) is 16.4 Å². The minimum atomic E-state index is 0.620. The molecule has 0 amide bonds. The Labute approximate surface area is 183 Å². The van der Waals surface area contributed by atoms with E-state index in [1.807, 2.05) is 78.9 Å². The molecule has 4 nitrogen and oxygen atoms in total. The average molecular weight is 481 g/mol. The zero-order chi connectivity index (χ0) is 19.6. The number of nitrogens with zero attached hydrogens (tertiary/aromatic N) is 2. The van der Waals surface area contributed by atoms with Crippen LogP contribution in [-0.4, -0.2) is 9.59 Å². The van der Waals surface area contributed by atoms with Gasteiger partial charge in [-0.2, -0.15) is 0 Å². The molecule has 2 aromatic heterocycles. The van der Waals surface area contributed by atoms with Crippen molar-refractivity contribution < 1.29 is 9.47 Å². The number of fused-ring (bicyclic) bond motifs is 1. The molecular weight excluding hydrogens is 468 g/mol. The molecule has 7 heteroatoms. The first kappa shape index (κ1) is 18.3. The number of hydrogen-bond acceptors (Lipinski definition) is 6. The maximum Gasteiger partial charge on any atom is 0.180 e. The quantitative estimate of drug-likeness (QED) is 0.257. The Hall–Kier alpha value is -2.74. The smallest absolute Gasteiger partial charge is 0.180 e. The lowest BCUT2D eigenvalue weighted by Gasteiger charge is -2.16. The first-order valence-corrected chi connectivity index (χ1v) is 11.2. The molecule has 2 heterocycles. The second kappa shape index (κ2) is 7.94. The highest BCUT2D eigenvalue weighted by Crippen LogP contribution is 2.49. The van der Waals surface area contributed by atoms with Crippen molar-refractivity contribution in [2.75, 3.05) is 0 Å². The van der Waals surface area contributed by atoms with Crippen LogP contribution >= 0.6 is 38.8 Å². The molecule has 0 saturated carbocycles. The van der Waals surface area contributed by atoms with Gasteiger partial charge in [-0.25, -0.2) is 0 Å². The second-order valence-electron chi connectivity index (χ2n) is 6.13. The Morgan fingerprint density at radius 2 is 1.48 bits per heavy atom. The summed E-state index contributed by atoms with van der Waals surface area (Å²) in [6, 6.07) is 25.4. The average Bonchev–Trinajstić information content (AvgIpc) is 3.39. The maximum atomic E-state index is 6.36. The Bertz CT molecular complexity index is 1270. The summed E-state index contributed by atoms with van der Waals surface area (Å²) < 4.78 is 18.7. The summed E-state index contributed by atoms with van der Waals surface area (Å²) in [6.45, 7) is 0. The van der Waals surface area contributed by atoms with E-state index in [0.29, 0.717) is 11.5 Å². The van der Waals surface area contributed by atoms with E-state index in [2.05, 4.69) is 25.5 Å². The number of rotatable bonds is 5. The molecule has 5 aromatic rings. The molecule has 0 aliphatic rings. The minimum absolute atomic E-state index is 0.620. The number of benzene rings is 3. The van der Waals surface area contributed by atoms with E-state index < -0.39 is 0 Å². The molecule has 0 spiro atoms. The van der Waals surface area contributed by atoms with Gasteiger partial charge in [-0.05, 0) is 63.9 Å². The summed E-state index contributed by atoms with van der Waals surface area (Å²) in [5.41, 5.74) is 1.68. The number of ether oxygens (including phenoxy) is 2. The van der Waals surface area contributed by atoms with E-state index in [1.165, 1.54) is 11.5 Å². The van der Waals surface area contributed by atoms with Gasteiger partial charge >= 0.3 is 0 Å². The van der Waals surface area contributed by atoms with E-state index in [0.717, 1.165) is 35.9 Å². The van der Waals surface area contributed by atoms with Gasteiger partial charge < -0.3 is 9.47 Å². The number of halogens is 1. The van der Waals surface area contributed by atoms with E-state index in [9.17, 15) is 0 Å². The van der Waals surface area contributed by atoms with Crippen LogP contribution in [0.3, 0.4) is 0 Å². The summed E-state index contributed by atoms with van der Waals surface area (Å²) in [4.78, 5) is 1.03. The molecule has 0 N–H and O–H groups in total. The highest BCUT2D eigenvalue weighted by Gasteiger charge is 2.23. The van der Waals surface area contributed by atoms with Crippen molar-refractivity contribution in [3.05, 3.63) is 82.6 Å². The van der Waals surface area contributed by atoms with Crippen molar-refractivity contribution in [3.8, 4) is 33.4 Å². The van der Waals surface area contributed by atoms with Crippen LogP contribution in [0.1, 0.15) is 0 Å². The lowest BCUT2D eigenvalue weighted by molar-refractivity contribution is 0.421. The van der Waals surface area contributed by atoms with Gasteiger partial charge in [0.2, 0.25) is 0 Å². The van der Waals surface area contributed by atoms with Crippen molar-refractivity contribution in [1.29, 1.82) is 0 Å². The second-order valence-corrected chi connectivity index (χ2v) is 9.38. The van der Waals surface area contributed by atoms with Crippen LogP contribution in [0.15, 0.2) is 82.6 Å². The van der Waals surface area contributed by atoms with Gasteiger partial charge in [0, 0.05) is 10.9 Å². The highest BCUT2D eigenvalue weighted by atomic mass is 79.9. The Morgan fingerprint density at radius 3 is 2.14 bits per heavy atom. The normalized spacial score (nSPS) is 10.9. The molecule has 0 aliphatic carbocycles. The highest BCUT2D eigenvalue weighted by molar-refractivity contribution is 9.11. The van der Waals surface area contributed by atoms with E-state index in [-0.39, 0.29) is 0 Å². The largest absolute Gasteiger partial charge is 0.453 e. The zero-order valence-electron chi connectivity index (χ0n) is 14.9. The van der Waals surface area contributed by atoms with Crippen molar-refractivity contribution in [2.45, 2.75) is 0 Å². The molecule has 0 aliphatic heterocycles. The minimum Gasteiger partial charge on any atom is -0.453 e. The Balaban J connectivity index is 1.74. The molecule has 0 atom stereocenters. The molecule has 142 valence electrons. The molecule has 0 saturated heterocycles. The first-order valence-electron chi connectivity index (χ1n) is 8.78.